The lowest BCUT2D eigenvalue weighted by atomic mass is 10.1. The second-order valence-electron chi connectivity index (χ2n) is 4.58. The summed E-state index contributed by atoms with van der Waals surface area (Å²) in [5.74, 6) is 0.0204. The number of nitrogens with two attached hydrogens (primary N) is 1. The molecule has 7 heteroatoms. The lowest BCUT2D eigenvalue weighted by Gasteiger charge is -2.09. The smallest absolute Gasteiger partial charge is 0.189 e. The van der Waals surface area contributed by atoms with Crippen LogP contribution in [0.2, 0.25) is 5.02 Å². The molecule has 2 aromatic carbocycles. The molecule has 0 aliphatic heterocycles. The van der Waals surface area contributed by atoms with E-state index in [9.17, 15) is 4.39 Å². The van der Waals surface area contributed by atoms with Crippen LogP contribution >= 0.6 is 11.6 Å². The Labute approximate surface area is 125 Å². The SMILES string of the molecule is Cc1ccc(Cl)cc1-n1nnnc1-c1ccc(F)cc1N. The number of benzene rings is 2. The maximum Gasteiger partial charge on any atom is 0.189 e. The Morgan fingerprint density at radius 3 is 2.76 bits per heavy atom. The van der Waals surface area contributed by atoms with Gasteiger partial charge in [-0.05, 0) is 53.2 Å². The highest BCUT2D eigenvalue weighted by atomic mass is 35.5. The van der Waals surface area contributed by atoms with Gasteiger partial charge >= 0.3 is 0 Å². The van der Waals surface area contributed by atoms with Crippen molar-refractivity contribution in [1.29, 1.82) is 0 Å². The fraction of sp³-hybridized carbons (Fsp3) is 0.0714. The monoisotopic (exact) mass is 303 g/mol. The van der Waals surface area contributed by atoms with E-state index in [1.54, 1.807) is 18.2 Å². The molecule has 0 amide bonds. The van der Waals surface area contributed by atoms with Gasteiger partial charge in [0.15, 0.2) is 5.82 Å². The van der Waals surface area contributed by atoms with Crippen molar-refractivity contribution in [3.8, 4) is 17.1 Å². The first-order valence-electron chi connectivity index (χ1n) is 6.16. The predicted molar refractivity (Wildman–Crippen MR) is 78.7 cm³/mol. The van der Waals surface area contributed by atoms with Crippen molar-refractivity contribution in [2.24, 2.45) is 0 Å². The zero-order valence-corrected chi connectivity index (χ0v) is 11.8. The van der Waals surface area contributed by atoms with Gasteiger partial charge in [-0.15, -0.1) is 5.10 Å². The fourth-order valence-electron chi connectivity index (χ4n) is 2.07. The molecule has 0 atom stereocenters. The van der Waals surface area contributed by atoms with Crippen molar-refractivity contribution in [1.82, 2.24) is 20.2 Å². The van der Waals surface area contributed by atoms with Crippen LogP contribution in [0.1, 0.15) is 5.56 Å². The Morgan fingerprint density at radius 2 is 2.00 bits per heavy atom. The van der Waals surface area contributed by atoms with E-state index < -0.39 is 5.82 Å². The highest BCUT2D eigenvalue weighted by molar-refractivity contribution is 6.30. The lowest BCUT2D eigenvalue weighted by molar-refractivity contribution is 0.628. The molecule has 0 radical (unpaired) electrons. The van der Waals surface area contributed by atoms with E-state index in [1.165, 1.54) is 16.8 Å². The average molecular weight is 304 g/mol. The van der Waals surface area contributed by atoms with Gasteiger partial charge in [0.25, 0.3) is 0 Å². The highest BCUT2D eigenvalue weighted by Crippen LogP contribution is 2.27. The second kappa shape index (κ2) is 5.14. The number of nitrogens with zero attached hydrogens (tertiary/aromatic N) is 4. The van der Waals surface area contributed by atoms with Gasteiger partial charge in [0.2, 0.25) is 0 Å². The molecule has 3 rings (SSSR count). The minimum absolute atomic E-state index is 0.269. The molecule has 0 spiro atoms. The molecule has 21 heavy (non-hydrogen) atoms. The second-order valence-corrected chi connectivity index (χ2v) is 5.01. The van der Waals surface area contributed by atoms with Crippen LogP contribution in [0.5, 0.6) is 0 Å². The first-order valence-corrected chi connectivity index (χ1v) is 6.54. The van der Waals surface area contributed by atoms with Gasteiger partial charge < -0.3 is 5.73 Å². The van der Waals surface area contributed by atoms with Crippen LogP contribution in [0, 0.1) is 12.7 Å². The minimum atomic E-state index is -0.408. The molecule has 3 aromatic rings. The molecule has 0 saturated carbocycles. The van der Waals surface area contributed by atoms with Crippen molar-refractivity contribution >= 4 is 17.3 Å². The van der Waals surface area contributed by atoms with Gasteiger partial charge in [-0.25, -0.2) is 4.39 Å². The third-order valence-electron chi connectivity index (χ3n) is 3.12. The van der Waals surface area contributed by atoms with E-state index in [0.717, 1.165) is 11.3 Å². The summed E-state index contributed by atoms with van der Waals surface area (Å²) in [6.07, 6.45) is 0. The summed E-state index contributed by atoms with van der Waals surface area (Å²) in [7, 11) is 0. The number of rotatable bonds is 2. The summed E-state index contributed by atoms with van der Waals surface area (Å²) >= 11 is 6.03. The summed E-state index contributed by atoms with van der Waals surface area (Å²) < 4.78 is 14.7. The number of aryl methyl sites for hydroxylation is 1. The molecular weight excluding hydrogens is 293 g/mol. The third-order valence-corrected chi connectivity index (χ3v) is 3.36. The summed E-state index contributed by atoms with van der Waals surface area (Å²) in [5.41, 5.74) is 8.37. The maximum atomic E-state index is 13.2. The Kier molecular flexibility index (Phi) is 3.31. The number of aromatic nitrogens is 4. The van der Waals surface area contributed by atoms with Crippen LogP contribution in [-0.2, 0) is 0 Å². The number of hydrogen-bond donors (Lipinski definition) is 1. The van der Waals surface area contributed by atoms with Crippen LogP contribution in [0.25, 0.3) is 17.1 Å². The molecular formula is C14H11ClFN5. The summed E-state index contributed by atoms with van der Waals surface area (Å²) in [5, 5.41) is 12.2. The first-order chi connectivity index (χ1) is 10.1. The van der Waals surface area contributed by atoms with Crippen molar-refractivity contribution < 1.29 is 4.39 Å². The summed E-state index contributed by atoms with van der Waals surface area (Å²) in [4.78, 5) is 0. The quantitative estimate of drug-likeness (QED) is 0.739. The fourth-order valence-corrected chi connectivity index (χ4v) is 2.23. The molecule has 0 aliphatic rings. The van der Waals surface area contributed by atoms with E-state index in [2.05, 4.69) is 15.5 Å². The third kappa shape index (κ3) is 2.45. The van der Waals surface area contributed by atoms with Gasteiger partial charge in [0.1, 0.15) is 5.82 Å². The van der Waals surface area contributed by atoms with Crippen molar-refractivity contribution in [2.75, 3.05) is 5.73 Å². The number of hydrogen-bond acceptors (Lipinski definition) is 4. The average Bonchev–Trinajstić information content (AvgIpc) is 2.90. The number of halogens is 2. The number of tetrazole rings is 1. The largest absolute Gasteiger partial charge is 0.398 e. The Hall–Kier alpha value is -2.47. The zero-order valence-electron chi connectivity index (χ0n) is 11.1. The van der Waals surface area contributed by atoms with Gasteiger partial charge in [-0.1, -0.05) is 17.7 Å². The molecule has 0 saturated heterocycles. The standard InChI is InChI=1S/C14H11ClFN5/c1-8-2-3-9(15)6-13(8)21-14(18-19-20-21)11-5-4-10(16)7-12(11)17/h2-7H,17H2,1H3. The summed E-state index contributed by atoms with van der Waals surface area (Å²) in [6.45, 7) is 1.92. The van der Waals surface area contributed by atoms with Gasteiger partial charge in [-0.2, -0.15) is 4.68 Å². The zero-order chi connectivity index (χ0) is 15.0. The Balaban J connectivity index is 2.19. The molecule has 0 bridgehead atoms. The maximum absolute atomic E-state index is 13.2. The van der Waals surface area contributed by atoms with E-state index in [-0.39, 0.29) is 5.69 Å². The van der Waals surface area contributed by atoms with Crippen LogP contribution in [-0.4, -0.2) is 20.2 Å². The van der Waals surface area contributed by atoms with Gasteiger partial charge in [0.05, 0.1) is 5.69 Å². The molecule has 0 unspecified atom stereocenters. The molecule has 5 nitrogen and oxygen atoms in total. The molecule has 0 aliphatic carbocycles. The highest BCUT2D eigenvalue weighted by Gasteiger charge is 2.15. The Bertz CT molecular complexity index is 815. The Morgan fingerprint density at radius 1 is 1.19 bits per heavy atom. The van der Waals surface area contributed by atoms with Gasteiger partial charge in [0, 0.05) is 16.3 Å². The molecule has 2 N–H and O–H groups in total. The first kappa shape index (κ1) is 13.5. The molecule has 0 fully saturated rings. The van der Waals surface area contributed by atoms with E-state index in [4.69, 9.17) is 17.3 Å². The van der Waals surface area contributed by atoms with E-state index in [1.807, 2.05) is 13.0 Å². The molecule has 106 valence electrons. The normalized spacial score (nSPS) is 10.8. The van der Waals surface area contributed by atoms with Crippen LogP contribution in [0.15, 0.2) is 36.4 Å². The lowest BCUT2D eigenvalue weighted by Crippen LogP contribution is -2.03. The number of anilines is 1. The predicted octanol–water partition coefficient (Wildman–Crippen LogP) is 3.01. The van der Waals surface area contributed by atoms with Crippen LogP contribution in [0.3, 0.4) is 0 Å². The van der Waals surface area contributed by atoms with Crippen LogP contribution < -0.4 is 5.73 Å². The molecule has 1 aromatic heterocycles. The van der Waals surface area contributed by atoms with E-state index >= 15 is 0 Å². The van der Waals surface area contributed by atoms with Crippen molar-refractivity contribution in [2.45, 2.75) is 6.92 Å². The van der Waals surface area contributed by atoms with Crippen molar-refractivity contribution in [3.05, 3.63) is 52.8 Å². The van der Waals surface area contributed by atoms with Crippen molar-refractivity contribution in [3.63, 3.8) is 0 Å². The molecule has 1 heterocycles. The van der Waals surface area contributed by atoms with Crippen LogP contribution in [0.4, 0.5) is 10.1 Å². The number of nitrogen functional groups attached to an aromatic ring is 1. The minimum Gasteiger partial charge on any atom is -0.398 e. The van der Waals surface area contributed by atoms with Gasteiger partial charge in [-0.3, -0.25) is 0 Å². The van der Waals surface area contributed by atoms with E-state index in [0.29, 0.717) is 16.4 Å². The topological polar surface area (TPSA) is 69.6 Å². The summed E-state index contributed by atoms with van der Waals surface area (Å²) in [6, 6.07) is 9.52.